The lowest BCUT2D eigenvalue weighted by Gasteiger charge is -2.23. The molecule has 1 aromatic carbocycles. The van der Waals surface area contributed by atoms with Crippen molar-refractivity contribution in [3.8, 4) is 0 Å². The number of methoxy groups -OCH3 is 1. The Morgan fingerprint density at radius 3 is 2.39 bits per heavy atom. The maximum atomic E-state index is 12.5. The summed E-state index contributed by atoms with van der Waals surface area (Å²) in [6.45, 7) is 4.42. The van der Waals surface area contributed by atoms with E-state index in [0.29, 0.717) is 23.4 Å². The van der Waals surface area contributed by atoms with Crippen LogP contribution in [0.15, 0.2) is 45.5 Å². The first kappa shape index (κ1) is 21.7. The van der Waals surface area contributed by atoms with Crippen molar-refractivity contribution in [1.29, 1.82) is 0 Å². The zero-order chi connectivity index (χ0) is 20.7. The highest BCUT2D eigenvalue weighted by Gasteiger charge is 2.20. The minimum absolute atomic E-state index is 0.0736. The third kappa shape index (κ3) is 5.95. The average Bonchev–Trinajstić information content (AvgIpc) is 3.13. The molecule has 150 valence electrons. The molecule has 0 spiro atoms. The third-order valence-corrected chi connectivity index (χ3v) is 4.62. The Morgan fingerprint density at radius 1 is 1.18 bits per heavy atom. The van der Waals surface area contributed by atoms with Gasteiger partial charge in [-0.25, -0.2) is 0 Å². The largest absolute Gasteiger partial charge is 0.469 e. The van der Waals surface area contributed by atoms with Gasteiger partial charge in [0.15, 0.2) is 10.4 Å². The van der Waals surface area contributed by atoms with Crippen molar-refractivity contribution in [2.75, 3.05) is 25.5 Å². The van der Waals surface area contributed by atoms with Gasteiger partial charge in [0.1, 0.15) is 0 Å². The van der Waals surface area contributed by atoms with Gasteiger partial charge in [0.25, 0.3) is 5.91 Å². The molecule has 0 bridgehead atoms. The van der Waals surface area contributed by atoms with E-state index in [-0.39, 0.29) is 35.9 Å². The van der Waals surface area contributed by atoms with Crippen LogP contribution in [0.2, 0.25) is 0 Å². The molecule has 0 aliphatic rings. The summed E-state index contributed by atoms with van der Waals surface area (Å²) in [5.74, 6) is -0.952. The Hall–Kier alpha value is -2.61. The zero-order valence-electron chi connectivity index (χ0n) is 16.0. The zero-order valence-corrected chi connectivity index (χ0v) is 17.6. The normalized spacial score (nSPS) is 11.6. The lowest BCUT2D eigenvalue weighted by Crippen LogP contribution is -2.38. The van der Waals surface area contributed by atoms with Crippen LogP contribution in [0, 0.1) is 5.92 Å². The summed E-state index contributed by atoms with van der Waals surface area (Å²) in [7, 11) is 1.34. The topological polar surface area (TPSA) is 88.9 Å². The summed E-state index contributed by atoms with van der Waals surface area (Å²) in [6, 6.07) is 10.2. The second kappa shape index (κ2) is 10.1. The summed E-state index contributed by atoms with van der Waals surface area (Å²) in [5.41, 5.74) is 1.41. The predicted octanol–water partition coefficient (Wildman–Crippen LogP) is 3.49. The van der Waals surface area contributed by atoms with Gasteiger partial charge in [0.2, 0.25) is 5.91 Å². The summed E-state index contributed by atoms with van der Waals surface area (Å²) in [4.78, 5) is 37.8. The van der Waals surface area contributed by atoms with E-state index in [1.165, 1.54) is 7.11 Å². The van der Waals surface area contributed by atoms with Crippen molar-refractivity contribution >= 4 is 39.4 Å². The van der Waals surface area contributed by atoms with Crippen LogP contribution in [0.1, 0.15) is 30.0 Å². The summed E-state index contributed by atoms with van der Waals surface area (Å²) in [6.07, 6.45) is 0.209. The van der Waals surface area contributed by atoms with Crippen LogP contribution in [-0.2, 0) is 20.7 Å². The van der Waals surface area contributed by atoms with Crippen LogP contribution in [0.4, 0.5) is 5.69 Å². The minimum atomic E-state index is -0.381. The maximum Gasteiger partial charge on any atom is 0.310 e. The van der Waals surface area contributed by atoms with Crippen LogP contribution in [-0.4, -0.2) is 42.9 Å². The number of amides is 2. The standard InChI is InChI=1S/C20H23BrN2O5/c1-4-23(12-13(2)20(26)27-3)18(24)11-14-5-7-15(8-6-14)22-19(25)16-9-10-17(21)28-16/h5-10,13H,4,11-12H2,1-3H3,(H,22,25). The number of carbonyl (C=O) groups excluding carboxylic acids is 3. The lowest BCUT2D eigenvalue weighted by atomic mass is 10.1. The van der Waals surface area contributed by atoms with Gasteiger partial charge >= 0.3 is 5.97 Å². The third-order valence-electron chi connectivity index (χ3n) is 4.20. The van der Waals surface area contributed by atoms with Gasteiger partial charge in [0, 0.05) is 18.8 Å². The smallest absolute Gasteiger partial charge is 0.310 e. The van der Waals surface area contributed by atoms with Crippen molar-refractivity contribution in [3.05, 3.63) is 52.4 Å². The van der Waals surface area contributed by atoms with E-state index in [1.807, 2.05) is 6.92 Å². The molecule has 1 aromatic heterocycles. The number of nitrogens with zero attached hydrogens (tertiary/aromatic N) is 1. The lowest BCUT2D eigenvalue weighted by molar-refractivity contribution is -0.146. The molecule has 0 saturated carbocycles. The molecule has 28 heavy (non-hydrogen) atoms. The van der Waals surface area contributed by atoms with Crippen molar-refractivity contribution in [1.82, 2.24) is 4.90 Å². The number of carbonyl (C=O) groups is 3. The molecule has 1 N–H and O–H groups in total. The molecular formula is C20H23BrN2O5. The highest BCUT2D eigenvalue weighted by Crippen LogP contribution is 2.17. The highest BCUT2D eigenvalue weighted by molar-refractivity contribution is 9.10. The number of benzene rings is 1. The second-order valence-electron chi connectivity index (χ2n) is 6.29. The van der Waals surface area contributed by atoms with E-state index in [2.05, 4.69) is 21.2 Å². The fraction of sp³-hybridized carbons (Fsp3) is 0.350. The summed E-state index contributed by atoms with van der Waals surface area (Å²) in [5, 5.41) is 2.73. The number of esters is 1. The van der Waals surface area contributed by atoms with Gasteiger partial charge in [-0.1, -0.05) is 19.1 Å². The van der Waals surface area contributed by atoms with Gasteiger partial charge < -0.3 is 19.4 Å². The average molecular weight is 451 g/mol. The van der Waals surface area contributed by atoms with Gasteiger partial charge in [-0.3, -0.25) is 14.4 Å². The molecule has 0 saturated heterocycles. The van der Waals surface area contributed by atoms with Crippen molar-refractivity contribution < 1.29 is 23.5 Å². The van der Waals surface area contributed by atoms with E-state index in [0.717, 1.165) is 5.56 Å². The van der Waals surface area contributed by atoms with E-state index in [9.17, 15) is 14.4 Å². The molecule has 2 aromatic rings. The number of furan rings is 1. The van der Waals surface area contributed by atoms with Crippen molar-refractivity contribution in [3.63, 3.8) is 0 Å². The van der Waals surface area contributed by atoms with Gasteiger partial charge in [-0.05, 0) is 52.7 Å². The van der Waals surface area contributed by atoms with E-state index < -0.39 is 0 Å². The van der Waals surface area contributed by atoms with E-state index in [4.69, 9.17) is 9.15 Å². The molecule has 1 heterocycles. The number of rotatable bonds is 8. The monoisotopic (exact) mass is 450 g/mol. The Labute approximate surface area is 172 Å². The number of likely N-dealkylation sites (N-methyl/N-ethyl adjacent to an activating group) is 1. The second-order valence-corrected chi connectivity index (χ2v) is 7.07. The Kier molecular flexibility index (Phi) is 7.80. The molecular weight excluding hydrogens is 428 g/mol. The minimum Gasteiger partial charge on any atom is -0.469 e. The number of halogens is 1. The van der Waals surface area contributed by atoms with Gasteiger partial charge in [0.05, 0.1) is 19.4 Å². The SMILES string of the molecule is CCN(CC(C)C(=O)OC)C(=O)Cc1ccc(NC(=O)c2ccc(Br)o2)cc1. The first-order valence-corrected chi connectivity index (χ1v) is 9.64. The fourth-order valence-corrected chi connectivity index (χ4v) is 2.94. The fourth-order valence-electron chi connectivity index (χ4n) is 2.63. The van der Waals surface area contributed by atoms with Gasteiger partial charge in [-0.15, -0.1) is 0 Å². The Balaban J connectivity index is 1.94. The van der Waals surface area contributed by atoms with Crippen molar-refractivity contribution in [2.24, 2.45) is 5.92 Å². The highest BCUT2D eigenvalue weighted by atomic mass is 79.9. The molecule has 2 amide bonds. The number of ether oxygens (including phenoxy) is 1. The Bertz CT molecular complexity index is 831. The summed E-state index contributed by atoms with van der Waals surface area (Å²) < 4.78 is 10.4. The molecule has 1 atom stereocenters. The molecule has 0 aliphatic heterocycles. The molecule has 2 rings (SSSR count). The number of hydrogen-bond donors (Lipinski definition) is 1. The number of anilines is 1. The van der Waals surface area contributed by atoms with E-state index in [1.54, 1.807) is 48.2 Å². The summed E-state index contributed by atoms with van der Waals surface area (Å²) >= 11 is 3.15. The number of nitrogens with one attached hydrogen (secondary N) is 1. The van der Waals surface area contributed by atoms with Crippen LogP contribution >= 0.6 is 15.9 Å². The van der Waals surface area contributed by atoms with Crippen LogP contribution in [0.5, 0.6) is 0 Å². The van der Waals surface area contributed by atoms with Crippen LogP contribution < -0.4 is 5.32 Å². The van der Waals surface area contributed by atoms with Crippen LogP contribution in [0.3, 0.4) is 0 Å². The first-order valence-electron chi connectivity index (χ1n) is 8.85. The Morgan fingerprint density at radius 2 is 1.86 bits per heavy atom. The van der Waals surface area contributed by atoms with E-state index >= 15 is 0 Å². The number of hydrogen-bond acceptors (Lipinski definition) is 5. The molecule has 0 aliphatic carbocycles. The maximum absolute atomic E-state index is 12.5. The molecule has 0 fully saturated rings. The quantitative estimate of drug-likeness (QED) is 0.621. The molecule has 0 radical (unpaired) electrons. The molecule has 8 heteroatoms. The first-order chi connectivity index (χ1) is 13.3. The molecule has 1 unspecified atom stereocenters. The van der Waals surface area contributed by atoms with Crippen LogP contribution in [0.25, 0.3) is 0 Å². The van der Waals surface area contributed by atoms with Crippen molar-refractivity contribution in [2.45, 2.75) is 20.3 Å². The molecule has 7 nitrogen and oxygen atoms in total. The van der Waals surface area contributed by atoms with Gasteiger partial charge in [-0.2, -0.15) is 0 Å². The predicted molar refractivity (Wildman–Crippen MR) is 108 cm³/mol.